The van der Waals surface area contributed by atoms with Gasteiger partial charge in [-0.1, -0.05) is 12.1 Å². The second kappa shape index (κ2) is 11.8. The average Bonchev–Trinajstić information content (AvgIpc) is 2.98. The number of rotatable bonds is 9. The van der Waals surface area contributed by atoms with Gasteiger partial charge in [0.2, 0.25) is 0 Å². The van der Waals surface area contributed by atoms with Crippen molar-refractivity contribution in [3.05, 3.63) is 111 Å². The van der Waals surface area contributed by atoms with E-state index in [9.17, 15) is 18.8 Å². The third kappa shape index (κ3) is 5.59. The smallest absolute Gasteiger partial charge is 0.266 e. The fourth-order valence-electron chi connectivity index (χ4n) is 5.14. The number of benzene rings is 2. The van der Waals surface area contributed by atoms with E-state index >= 15 is 0 Å². The van der Waals surface area contributed by atoms with Crippen molar-refractivity contribution in [2.75, 3.05) is 14.2 Å². The van der Waals surface area contributed by atoms with Crippen LogP contribution in [-0.4, -0.2) is 40.3 Å². The summed E-state index contributed by atoms with van der Waals surface area (Å²) in [4.78, 5) is 48.6. The molecular weight excluding hydrogens is 553 g/mol. The molecule has 9 nitrogen and oxygen atoms in total. The predicted octanol–water partition coefficient (Wildman–Crippen LogP) is 5.97. The lowest BCUT2D eigenvalue weighted by Crippen LogP contribution is -2.31. The maximum Gasteiger partial charge on any atom is 0.266 e. The molecule has 43 heavy (non-hydrogen) atoms. The highest BCUT2D eigenvalue weighted by Crippen LogP contribution is 2.34. The molecule has 0 aliphatic heterocycles. The Bertz CT molecular complexity index is 1930. The zero-order valence-corrected chi connectivity index (χ0v) is 24.2. The van der Waals surface area contributed by atoms with Gasteiger partial charge in [-0.2, -0.15) is 0 Å². The molecule has 0 saturated heterocycles. The number of fused-ring (bicyclic) bond motifs is 1. The highest BCUT2D eigenvalue weighted by molar-refractivity contribution is 6.04. The van der Waals surface area contributed by atoms with E-state index in [0.717, 1.165) is 0 Å². The average molecular weight is 582 g/mol. The molecule has 0 fully saturated rings. The summed E-state index contributed by atoms with van der Waals surface area (Å²) in [7, 11) is 3.01. The zero-order valence-electron chi connectivity index (χ0n) is 24.2. The number of carbonyl (C=O) groups excluding carboxylic acids is 2. The molecule has 0 unspecified atom stereocenters. The van der Waals surface area contributed by atoms with Crippen molar-refractivity contribution in [1.82, 2.24) is 14.5 Å². The molecule has 0 atom stereocenters. The fraction of sp³-hybridized carbons (Fsp3) is 0.182. The number of pyridine rings is 3. The van der Waals surface area contributed by atoms with Crippen LogP contribution in [0.15, 0.2) is 71.7 Å². The maximum atomic E-state index is 13.6. The number of methoxy groups -OCH3 is 2. The maximum absolute atomic E-state index is 13.6. The van der Waals surface area contributed by atoms with Gasteiger partial charge in [0.15, 0.2) is 23.1 Å². The Kier molecular flexibility index (Phi) is 8.03. The molecule has 0 aliphatic rings. The van der Waals surface area contributed by atoms with Crippen molar-refractivity contribution < 1.29 is 28.2 Å². The number of Topliss-reactive ketones (excluding diaryl/α,β-unsaturated/α-hetero) is 2. The fourth-order valence-corrected chi connectivity index (χ4v) is 5.14. The van der Waals surface area contributed by atoms with Crippen LogP contribution in [0, 0.1) is 19.7 Å². The van der Waals surface area contributed by atoms with Crippen LogP contribution in [0.4, 0.5) is 4.39 Å². The SMILES string of the molecule is COc1cc2nccc(Oc3ccc(CC(=O)c4c(C)c(C(C)=O)c(C)n(-c5ccc(F)cc5)c4=O)cc3)c2nc1OC. The first kappa shape index (κ1) is 29.1. The van der Waals surface area contributed by atoms with Gasteiger partial charge in [-0.05, 0) is 68.3 Å². The largest absolute Gasteiger partial charge is 0.491 e. The van der Waals surface area contributed by atoms with Crippen molar-refractivity contribution in [2.24, 2.45) is 0 Å². The summed E-state index contributed by atoms with van der Waals surface area (Å²) in [6.07, 6.45) is 1.51. The molecule has 0 saturated carbocycles. The number of ether oxygens (including phenoxy) is 3. The lowest BCUT2D eigenvalue weighted by atomic mass is 9.94. The molecule has 2 aromatic carbocycles. The Morgan fingerprint density at radius 1 is 0.907 bits per heavy atom. The van der Waals surface area contributed by atoms with E-state index in [1.807, 2.05) is 0 Å². The summed E-state index contributed by atoms with van der Waals surface area (Å²) >= 11 is 0. The molecular formula is C33H28FN3O6. The van der Waals surface area contributed by atoms with E-state index in [4.69, 9.17) is 14.2 Å². The van der Waals surface area contributed by atoms with Crippen molar-refractivity contribution >= 4 is 22.6 Å². The first-order chi connectivity index (χ1) is 20.6. The molecule has 0 amide bonds. The summed E-state index contributed by atoms with van der Waals surface area (Å²) < 4.78 is 31.6. The van der Waals surface area contributed by atoms with Crippen molar-refractivity contribution in [1.29, 1.82) is 0 Å². The highest BCUT2D eigenvalue weighted by atomic mass is 19.1. The first-order valence-electron chi connectivity index (χ1n) is 13.3. The van der Waals surface area contributed by atoms with Crippen LogP contribution in [0.25, 0.3) is 16.7 Å². The monoisotopic (exact) mass is 581 g/mol. The van der Waals surface area contributed by atoms with E-state index < -0.39 is 17.2 Å². The summed E-state index contributed by atoms with van der Waals surface area (Å²) in [5.41, 5.74) is 2.37. The predicted molar refractivity (Wildman–Crippen MR) is 159 cm³/mol. The normalized spacial score (nSPS) is 10.9. The molecule has 0 radical (unpaired) electrons. The molecule has 0 spiro atoms. The molecule has 218 valence electrons. The molecule has 5 aromatic rings. The van der Waals surface area contributed by atoms with E-state index in [1.54, 1.807) is 56.4 Å². The minimum atomic E-state index is -0.569. The molecule has 0 N–H and O–H groups in total. The van der Waals surface area contributed by atoms with Crippen molar-refractivity contribution in [2.45, 2.75) is 27.2 Å². The van der Waals surface area contributed by atoms with E-state index in [2.05, 4.69) is 9.97 Å². The Labute approximate surface area is 246 Å². The zero-order chi connectivity index (χ0) is 30.8. The number of halogens is 1. The minimum absolute atomic E-state index is 0.0841. The van der Waals surface area contributed by atoms with Gasteiger partial charge in [-0.3, -0.25) is 23.9 Å². The third-order valence-electron chi connectivity index (χ3n) is 7.12. The van der Waals surface area contributed by atoms with Crippen LogP contribution in [0.5, 0.6) is 23.1 Å². The second-order valence-electron chi connectivity index (χ2n) is 9.86. The number of nitrogens with zero attached hydrogens (tertiary/aromatic N) is 3. The van der Waals surface area contributed by atoms with Crippen LogP contribution in [-0.2, 0) is 6.42 Å². The van der Waals surface area contributed by atoms with Crippen LogP contribution >= 0.6 is 0 Å². The van der Waals surface area contributed by atoms with E-state index in [-0.39, 0.29) is 23.3 Å². The second-order valence-corrected chi connectivity index (χ2v) is 9.86. The Morgan fingerprint density at radius 3 is 2.23 bits per heavy atom. The number of ketones is 2. The molecule has 10 heteroatoms. The topological polar surface area (TPSA) is 110 Å². The van der Waals surface area contributed by atoms with Crippen LogP contribution in [0.1, 0.15) is 44.5 Å². The van der Waals surface area contributed by atoms with Crippen LogP contribution in [0.2, 0.25) is 0 Å². The van der Waals surface area contributed by atoms with Gasteiger partial charge in [-0.15, -0.1) is 0 Å². The van der Waals surface area contributed by atoms with Gasteiger partial charge in [0, 0.05) is 41.7 Å². The molecule has 3 heterocycles. The summed E-state index contributed by atoms with van der Waals surface area (Å²) in [5, 5.41) is 0. The van der Waals surface area contributed by atoms with E-state index in [1.165, 1.54) is 50.0 Å². The third-order valence-corrected chi connectivity index (χ3v) is 7.12. The van der Waals surface area contributed by atoms with Gasteiger partial charge < -0.3 is 14.2 Å². The number of hydrogen-bond acceptors (Lipinski definition) is 8. The van der Waals surface area contributed by atoms with Crippen LogP contribution < -0.4 is 19.8 Å². The van der Waals surface area contributed by atoms with Gasteiger partial charge in [0.1, 0.15) is 17.1 Å². The van der Waals surface area contributed by atoms with Gasteiger partial charge in [-0.25, -0.2) is 9.37 Å². The Hall–Kier alpha value is -5.38. The number of hydrogen-bond donors (Lipinski definition) is 0. The quantitative estimate of drug-likeness (QED) is 0.196. The van der Waals surface area contributed by atoms with Crippen molar-refractivity contribution in [3.8, 4) is 28.8 Å². The van der Waals surface area contributed by atoms with Gasteiger partial charge >= 0.3 is 0 Å². The summed E-state index contributed by atoms with van der Waals surface area (Å²) in [5.74, 6) is 0.477. The highest BCUT2D eigenvalue weighted by Gasteiger charge is 2.25. The molecule has 5 rings (SSSR count). The minimum Gasteiger partial charge on any atom is -0.491 e. The standard InChI is InChI=1S/C33H28FN3O6/c1-18-29(20(3)38)19(2)37(23-10-8-22(34)9-11-23)33(40)30(18)26(39)16-21-6-12-24(13-7-21)43-27-14-15-35-25-17-28(41-4)32(42-5)36-31(25)27/h6-15,17H,16H2,1-5H3. The molecule has 3 aromatic heterocycles. The number of aromatic nitrogens is 3. The first-order valence-corrected chi connectivity index (χ1v) is 13.3. The lowest BCUT2D eigenvalue weighted by Gasteiger charge is -2.18. The molecule has 0 aliphatic carbocycles. The van der Waals surface area contributed by atoms with Crippen molar-refractivity contribution in [3.63, 3.8) is 0 Å². The van der Waals surface area contributed by atoms with E-state index in [0.29, 0.717) is 56.7 Å². The Morgan fingerprint density at radius 2 is 1.60 bits per heavy atom. The Balaban J connectivity index is 1.45. The molecule has 0 bridgehead atoms. The van der Waals surface area contributed by atoms with Gasteiger partial charge in [0.05, 0.1) is 25.3 Å². The lowest BCUT2D eigenvalue weighted by molar-refractivity contribution is 0.0990. The van der Waals surface area contributed by atoms with Gasteiger partial charge in [0.25, 0.3) is 11.4 Å². The van der Waals surface area contributed by atoms with Crippen LogP contribution in [0.3, 0.4) is 0 Å². The number of carbonyl (C=O) groups is 2. The summed E-state index contributed by atoms with van der Waals surface area (Å²) in [6.45, 7) is 4.62. The summed E-state index contributed by atoms with van der Waals surface area (Å²) in [6, 6.07) is 15.5.